The zero-order valence-electron chi connectivity index (χ0n) is 12.0. The van der Waals surface area contributed by atoms with Crippen LogP contribution in [0.1, 0.15) is 34.6 Å². The topological polar surface area (TPSA) is 110 Å². The van der Waals surface area contributed by atoms with Crippen molar-refractivity contribution >= 4 is 27.5 Å². The van der Waals surface area contributed by atoms with Crippen LogP contribution >= 0.6 is 0 Å². The Morgan fingerprint density at radius 2 is 1.86 bits per heavy atom. The fourth-order valence-electron chi connectivity index (χ4n) is 2.43. The average Bonchev–Trinajstić information content (AvgIpc) is 2.52. The highest BCUT2D eigenvalue weighted by molar-refractivity contribution is 7.88. The Labute approximate surface area is 123 Å². The first-order valence-electron chi connectivity index (χ1n) is 6.25. The maximum absolute atomic E-state index is 12.3. The number of fused-ring (bicyclic) bond motifs is 1. The third-order valence-corrected chi connectivity index (χ3v) is 3.97. The van der Waals surface area contributed by atoms with Gasteiger partial charge < -0.3 is 5.73 Å². The van der Waals surface area contributed by atoms with Crippen LogP contribution in [0.5, 0.6) is 0 Å². The van der Waals surface area contributed by atoms with Crippen molar-refractivity contribution in [2.75, 3.05) is 18.5 Å². The van der Waals surface area contributed by atoms with Gasteiger partial charge >= 0.3 is 0 Å². The molecule has 0 radical (unpaired) electrons. The molecule has 1 aliphatic heterocycles. The third kappa shape index (κ3) is 3.06. The molecule has 0 aliphatic carbocycles. The second-order valence-electron chi connectivity index (χ2n) is 5.72. The highest BCUT2D eigenvalue weighted by atomic mass is 32.2. The number of nitrogens with zero attached hydrogens (tertiary/aromatic N) is 1. The van der Waals surface area contributed by atoms with Crippen LogP contribution in [0.3, 0.4) is 0 Å². The minimum Gasteiger partial charge on any atom is -0.398 e. The van der Waals surface area contributed by atoms with Crippen LogP contribution in [0.4, 0.5) is 5.69 Å². The number of hydrogen-bond donors (Lipinski definition) is 2. The summed E-state index contributed by atoms with van der Waals surface area (Å²) in [5, 5.41) is 0. The molecule has 0 bridgehead atoms. The van der Waals surface area contributed by atoms with E-state index >= 15 is 0 Å². The summed E-state index contributed by atoms with van der Waals surface area (Å²) in [6.45, 7) is 3.12. The zero-order valence-corrected chi connectivity index (χ0v) is 12.8. The van der Waals surface area contributed by atoms with Gasteiger partial charge in [0, 0.05) is 17.8 Å². The molecule has 7 nitrogen and oxygen atoms in total. The van der Waals surface area contributed by atoms with E-state index < -0.39 is 27.4 Å². The molecule has 0 atom stereocenters. The van der Waals surface area contributed by atoms with Crippen LogP contribution in [-0.4, -0.2) is 43.5 Å². The van der Waals surface area contributed by atoms with Gasteiger partial charge in [-0.15, -0.1) is 0 Å². The SMILES string of the molecule is CC(C)(CN1C(=O)c2cccc(N)c2C1=O)NS(C)(=O)=O. The number of hydrogen-bond acceptors (Lipinski definition) is 5. The van der Waals surface area contributed by atoms with Crippen molar-refractivity contribution in [2.24, 2.45) is 0 Å². The number of nitrogens with one attached hydrogen (secondary N) is 1. The summed E-state index contributed by atoms with van der Waals surface area (Å²) in [5.74, 6) is -0.970. The summed E-state index contributed by atoms with van der Waals surface area (Å²) < 4.78 is 25.1. The molecule has 0 unspecified atom stereocenters. The number of sulfonamides is 1. The van der Waals surface area contributed by atoms with Crippen molar-refractivity contribution in [2.45, 2.75) is 19.4 Å². The zero-order chi connectivity index (χ0) is 16.0. The molecule has 1 aromatic rings. The van der Waals surface area contributed by atoms with Gasteiger partial charge in [0.15, 0.2) is 0 Å². The van der Waals surface area contributed by atoms with Crippen molar-refractivity contribution in [3.63, 3.8) is 0 Å². The lowest BCUT2D eigenvalue weighted by Gasteiger charge is -2.29. The van der Waals surface area contributed by atoms with Crippen molar-refractivity contribution < 1.29 is 18.0 Å². The van der Waals surface area contributed by atoms with E-state index in [2.05, 4.69) is 4.72 Å². The van der Waals surface area contributed by atoms with E-state index in [4.69, 9.17) is 5.73 Å². The fourth-order valence-corrected chi connectivity index (χ4v) is 3.50. The van der Waals surface area contributed by atoms with E-state index in [1.807, 2.05) is 0 Å². The number of nitrogens with two attached hydrogens (primary N) is 1. The third-order valence-electron chi connectivity index (χ3n) is 3.05. The van der Waals surface area contributed by atoms with Crippen molar-refractivity contribution in [3.8, 4) is 0 Å². The van der Waals surface area contributed by atoms with E-state index in [0.29, 0.717) is 0 Å². The monoisotopic (exact) mass is 311 g/mol. The summed E-state index contributed by atoms with van der Waals surface area (Å²) in [6, 6.07) is 4.68. The predicted octanol–water partition coefficient (Wildman–Crippen LogP) is 0.193. The summed E-state index contributed by atoms with van der Waals surface area (Å²) in [6.07, 6.45) is 1.02. The molecule has 1 heterocycles. The highest BCUT2D eigenvalue weighted by Gasteiger charge is 2.40. The molecule has 1 aliphatic rings. The minimum absolute atomic E-state index is 0.0775. The number of amides is 2. The van der Waals surface area contributed by atoms with Crippen LogP contribution in [0.25, 0.3) is 0 Å². The van der Waals surface area contributed by atoms with Gasteiger partial charge in [0.25, 0.3) is 11.8 Å². The molecule has 21 heavy (non-hydrogen) atoms. The van der Waals surface area contributed by atoms with E-state index in [0.717, 1.165) is 11.2 Å². The molecular formula is C13H17N3O4S. The normalized spacial score (nSPS) is 15.5. The van der Waals surface area contributed by atoms with E-state index in [9.17, 15) is 18.0 Å². The maximum Gasteiger partial charge on any atom is 0.263 e. The molecular weight excluding hydrogens is 294 g/mol. The molecule has 8 heteroatoms. The van der Waals surface area contributed by atoms with Crippen molar-refractivity contribution in [1.82, 2.24) is 9.62 Å². The predicted molar refractivity (Wildman–Crippen MR) is 78.3 cm³/mol. The van der Waals surface area contributed by atoms with Gasteiger partial charge in [-0.3, -0.25) is 14.5 Å². The number of rotatable bonds is 4. The maximum atomic E-state index is 12.3. The van der Waals surface area contributed by atoms with Crippen LogP contribution in [0.2, 0.25) is 0 Å². The second-order valence-corrected chi connectivity index (χ2v) is 7.47. The van der Waals surface area contributed by atoms with Gasteiger partial charge in [0.1, 0.15) is 0 Å². The van der Waals surface area contributed by atoms with Gasteiger partial charge in [-0.05, 0) is 26.0 Å². The Bertz CT molecular complexity index is 725. The molecule has 114 valence electrons. The van der Waals surface area contributed by atoms with Gasteiger partial charge in [0.05, 0.1) is 17.4 Å². The van der Waals surface area contributed by atoms with Crippen molar-refractivity contribution in [1.29, 1.82) is 0 Å². The molecule has 0 saturated carbocycles. The lowest BCUT2D eigenvalue weighted by atomic mass is 10.1. The first-order valence-corrected chi connectivity index (χ1v) is 8.15. The summed E-state index contributed by atoms with van der Waals surface area (Å²) in [5.41, 5.74) is 5.43. The average molecular weight is 311 g/mol. The standard InChI is InChI=1S/C13H17N3O4S/c1-13(2,15-21(3,19)20)7-16-11(17)8-5-4-6-9(14)10(8)12(16)18/h4-6,15H,7,14H2,1-3H3. The van der Waals surface area contributed by atoms with Crippen molar-refractivity contribution in [3.05, 3.63) is 29.3 Å². The van der Waals surface area contributed by atoms with Crippen LogP contribution in [-0.2, 0) is 10.0 Å². The first-order chi connectivity index (χ1) is 9.52. The summed E-state index contributed by atoms with van der Waals surface area (Å²) in [4.78, 5) is 25.6. The van der Waals surface area contributed by atoms with Crippen LogP contribution in [0.15, 0.2) is 18.2 Å². The smallest absolute Gasteiger partial charge is 0.263 e. The number of carbonyl (C=O) groups excluding carboxylic acids is 2. The molecule has 2 rings (SSSR count). The number of carbonyl (C=O) groups is 2. The van der Waals surface area contributed by atoms with Crippen LogP contribution in [0, 0.1) is 0 Å². The molecule has 0 fully saturated rings. The van der Waals surface area contributed by atoms with E-state index in [-0.39, 0.29) is 23.4 Å². The lowest BCUT2D eigenvalue weighted by molar-refractivity contribution is 0.0620. The fraction of sp³-hybridized carbons (Fsp3) is 0.385. The highest BCUT2D eigenvalue weighted by Crippen LogP contribution is 2.28. The van der Waals surface area contributed by atoms with Gasteiger partial charge in [-0.2, -0.15) is 0 Å². The summed E-state index contributed by atoms with van der Waals surface area (Å²) in [7, 11) is -3.46. The van der Waals surface area contributed by atoms with Gasteiger partial charge in [-0.1, -0.05) is 6.07 Å². The Morgan fingerprint density at radius 1 is 1.24 bits per heavy atom. The molecule has 0 spiro atoms. The van der Waals surface area contributed by atoms with Gasteiger partial charge in [0.2, 0.25) is 10.0 Å². The Hall–Kier alpha value is -1.93. The van der Waals surface area contributed by atoms with E-state index in [1.165, 1.54) is 6.07 Å². The molecule has 0 saturated heterocycles. The number of imide groups is 1. The van der Waals surface area contributed by atoms with E-state index in [1.54, 1.807) is 26.0 Å². The summed E-state index contributed by atoms with van der Waals surface area (Å²) >= 11 is 0. The lowest BCUT2D eigenvalue weighted by Crippen LogP contribution is -2.52. The Kier molecular flexibility index (Phi) is 3.54. The molecule has 2 amide bonds. The largest absolute Gasteiger partial charge is 0.398 e. The first kappa shape index (κ1) is 15.5. The Balaban J connectivity index is 2.31. The number of benzene rings is 1. The molecule has 3 N–H and O–H groups in total. The minimum atomic E-state index is -3.46. The van der Waals surface area contributed by atoms with Gasteiger partial charge in [-0.25, -0.2) is 13.1 Å². The van der Waals surface area contributed by atoms with Crippen LogP contribution < -0.4 is 10.5 Å². The number of anilines is 1. The quantitative estimate of drug-likeness (QED) is 0.609. The molecule has 0 aromatic heterocycles. The Morgan fingerprint density at radius 3 is 2.38 bits per heavy atom. The molecule has 1 aromatic carbocycles. The number of nitrogen functional groups attached to an aromatic ring is 1. The second kappa shape index (κ2) is 4.81.